The molecule has 1 aliphatic heterocycles. The van der Waals surface area contributed by atoms with Crippen molar-refractivity contribution in [2.24, 2.45) is 0 Å². The third kappa shape index (κ3) is 8.36. The molecule has 3 heterocycles. The second kappa shape index (κ2) is 14.7. The van der Waals surface area contributed by atoms with Crippen molar-refractivity contribution in [3.63, 3.8) is 0 Å². The maximum Gasteiger partial charge on any atom is 0.410 e. The van der Waals surface area contributed by atoms with E-state index in [1.165, 1.54) is 18.3 Å². The van der Waals surface area contributed by atoms with Gasteiger partial charge in [0.15, 0.2) is 0 Å². The molecule has 0 radical (unpaired) electrons. The first-order valence-corrected chi connectivity index (χ1v) is 18.2. The number of benzene rings is 3. The van der Waals surface area contributed by atoms with Crippen LogP contribution in [0.3, 0.4) is 0 Å². The van der Waals surface area contributed by atoms with E-state index >= 15 is 4.39 Å². The lowest BCUT2D eigenvalue weighted by Crippen LogP contribution is -2.47. The van der Waals surface area contributed by atoms with Crippen LogP contribution in [-0.4, -0.2) is 59.1 Å². The van der Waals surface area contributed by atoms with E-state index in [4.69, 9.17) is 14.5 Å². The lowest BCUT2D eigenvalue weighted by atomic mass is 10.0. The number of carbonyl (C=O) groups excluding carboxylic acids is 1. The number of carbonyl (C=O) groups is 1. The number of hydrogen-bond acceptors (Lipinski definition) is 9. The van der Waals surface area contributed by atoms with Gasteiger partial charge in [0.1, 0.15) is 34.6 Å². The first-order chi connectivity index (χ1) is 24.7. The normalized spacial score (nSPS) is 15.0. The molecule has 1 saturated heterocycles. The molecule has 2 aromatic heterocycles. The van der Waals surface area contributed by atoms with Crippen LogP contribution >= 0.6 is 0 Å². The van der Waals surface area contributed by atoms with Crippen LogP contribution in [0, 0.1) is 24.4 Å². The fraction of sp³-hybridized carbons (Fsp3) is 0.297. The number of sulfonamides is 1. The highest BCUT2D eigenvalue weighted by molar-refractivity contribution is 7.91. The van der Waals surface area contributed by atoms with Gasteiger partial charge in [-0.2, -0.15) is 0 Å². The quantitative estimate of drug-likeness (QED) is 0.155. The molecular weight excluding hydrogens is 698 g/mol. The topological polar surface area (TPSA) is 136 Å². The Balaban J connectivity index is 1.26. The van der Waals surface area contributed by atoms with Crippen molar-refractivity contribution >= 4 is 38.5 Å². The average molecular weight is 735 g/mol. The summed E-state index contributed by atoms with van der Waals surface area (Å²) < 4.78 is 84.0. The first-order valence-electron chi connectivity index (χ1n) is 16.5. The van der Waals surface area contributed by atoms with Gasteiger partial charge < -0.3 is 19.7 Å². The Morgan fingerprint density at radius 2 is 1.69 bits per heavy atom. The molecule has 272 valence electrons. The smallest absolute Gasteiger partial charge is 0.410 e. The van der Waals surface area contributed by atoms with Crippen LogP contribution in [-0.2, 0) is 20.5 Å². The molecular formula is C37H37F3N6O5S. The summed E-state index contributed by atoms with van der Waals surface area (Å²) >= 11 is 0. The van der Waals surface area contributed by atoms with Crippen LogP contribution in [0.25, 0.3) is 22.0 Å². The Bertz CT molecular complexity index is 2230. The van der Waals surface area contributed by atoms with Crippen molar-refractivity contribution < 1.29 is 35.9 Å². The maximum absolute atomic E-state index is 15.2. The zero-order valence-corrected chi connectivity index (χ0v) is 29.7. The number of pyridine rings is 1. The number of anilines is 2. The molecule has 2 N–H and O–H groups in total. The van der Waals surface area contributed by atoms with Crippen molar-refractivity contribution in [1.29, 1.82) is 0 Å². The summed E-state index contributed by atoms with van der Waals surface area (Å²) in [5.41, 5.74) is -0.0422. The molecule has 0 aliphatic carbocycles. The number of hydrogen-bond donors (Lipinski definition) is 2. The second-order valence-corrected chi connectivity index (χ2v) is 15.1. The molecule has 0 bridgehead atoms. The van der Waals surface area contributed by atoms with E-state index in [9.17, 15) is 22.0 Å². The highest BCUT2D eigenvalue weighted by Gasteiger charge is 2.28. The molecule has 1 amide bonds. The number of piperidine rings is 1. The van der Waals surface area contributed by atoms with Gasteiger partial charge in [0.05, 0.1) is 16.9 Å². The van der Waals surface area contributed by atoms with Crippen LogP contribution in [0.2, 0.25) is 0 Å². The van der Waals surface area contributed by atoms with Crippen LogP contribution in [0.1, 0.15) is 44.7 Å². The summed E-state index contributed by atoms with van der Waals surface area (Å²) in [6.45, 7) is 8.25. The zero-order chi connectivity index (χ0) is 37.2. The number of aromatic nitrogens is 3. The van der Waals surface area contributed by atoms with Gasteiger partial charge in [-0.25, -0.2) is 41.3 Å². The number of nitrogens with zero attached hydrogens (tertiary/aromatic N) is 4. The predicted octanol–water partition coefficient (Wildman–Crippen LogP) is 7.96. The van der Waals surface area contributed by atoms with E-state index in [0.717, 1.165) is 37.1 Å². The number of nitrogens with one attached hydrogen (secondary N) is 2. The summed E-state index contributed by atoms with van der Waals surface area (Å²) in [5, 5.41) is 3.83. The van der Waals surface area contributed by atoms with E-state index in [1.54, 1.807) is 42.3 Å². The lowest BCUT2D eigenvalue weighted by Gasteiger charge is -2.34. The average Bonchev–Trinajstić information content (AvgIpc) is 3.08. The van der Waals surface area contributed by atoms with E-state index in [0.29, 0.717) is 41.2 Å². The number of amides is 1. The molecule has 15 heteroatoms. The molecule has 0 spiro atoms. The highest BCUT2D eigenvalue weighted by atomic mass is 32.2. The molecule has 1 fully saturated rings. The first kappa shape index (κ1) is 36.4. The van der Waals surface area contributed by atoms with Crippen molar-refractivity contribution in [2.75, 3.05) is 23.1 Å². The van der Waals surface area contributed by atoms with Crippen molar-refractivity contribution in [3.05, 3.63) is 102 Å². The van der Waals surface area contributed by atoms with Gasteiger partial charge in [0.25, 0.3) is 0 Å². The van der Waals surface area contributed by atoms with Gasteiger partial charge in [0.2, 0.25) is 21.9 Å². The largest absolute Gasteiger partial charge is 0.444 e. The summed E-state index contributed by atoms with van der Waals surface area (Å²) in [6.07, 6.45) is 4.33. The Morgan fingerprint density at radius 1 is 0.942 bits per heavy atom. The van der Waals surface area contributed by atoms with Crippen LogP contribution < -0.4 is 14.8 Å². The molecule has 52 heavy (non-hydrogen) atoms. The third-order valence-corrected chi connectivity index (χ3v) is 9.44. The highest BCUT2D eigenvalue weighted by Crippen LogP contribution is 2.40. The number of ether oxygens (including phenoxy) is 2. The van der Waals surface area contributed by atoms with Gasteiger partial charge >= 0.3 is 6.09 Å². The molecule has 3 aromatic carbocycles. The van der Waals surface area contributed by atoms with Gasteiger partial charge in [-0.05, 0) is 88.6 Å². The van der Waals surface area contributed by atoms with Crippen LogP contribution in [0.5, 0.6) is 11.6 Å². The molecule has 0 saturated carbocycles. The van der Waals surface area contributed by atoms with Crippen LogP contribution in [0.4, 0.5) is 29.6 Å². The van der Waals surface area contributed by atoms with Crippen LogP contribution in [0.15, 0.2) is 73.1 Å². The Hall–Kier alpha value is -5.44. The predicted molar refractivity (Wildman–Crippen MR) is 191 cm³/mol. The summed E-state index contributed by atoms with van der Waals surface area (Å²) in [4.78, 5) is 27.9. The fourth-order valence-corrected chi connectivity index (χ4v) is 7.11. The van der Waals surface area contributed by atoms with Crippen molar-refractivity contribution in [3.8, 4) is 22.9 Å². The third-order valence-electron chi connectivity index (χ3n) is 8.26. The standard InChI is InChI=1S/C37H37F3N6O5S/c1-22-12-13-24-25(14-15-30(40)32(24)45-52(48,49)21-27-28(38)10-5-11-29(27)39)33(22)50-34-26(9-6-17-41-34)31-16-18-42-35(44-31)43-23-8-7-19-46(20-23)36(47)51-37(2,3)4/h5-6,9-18,23,45H,7-8,19-21H2,1-4H3,(H,42,43,44)/t23-/m0/s1. The minimum absolute atomic E-state index is 0.114. The van der Waals surface area contributed by atoms with E-state index in [2.05, 4.69) is 20.0 Å². The molecule has 0 unspecified atom stereocenters. The summed E-state index contributed by atoms with van der Waals surface area (Å²) in [6, 6.07) is 13.8. The van der Waals surface area contributed by atoms with Crippen molar-refractivity contribution in [1.82, 2.24) is 19.9 Å². The maximum atomic E-state index is 15.2. The molecule has 6 rings (SSSR count). The Kier molecular flexibility index (Phi) is 10.2. The number of likely N-dealkylation sites (tertiary alicyclic amines) is 1. The fourth-order valence-electron chi connectivity index (χ4n) is 5.86. The van der Waals surface area contributed by atoms with E-state index in [-0.39, 0.29) is 29.2 Å². The van der Waals surface area contributed by atoms with Gasteiger partial charge in [-0.15, -0.1) is 0 Å². The molecule has 1 aliphatic rings. The van der Waals surface area contributed by atoms with Gasteiger partial charge in [-0.1, -0.05) is 18.2 Å². The monoisotopic (exact) mass is 734 g/mol. The van der Waals surface area contributed by atoms with E-state index in [1.807, 2.05) is 20.8 Å². The SMILES string of the molecule is Cc1ccc2c(NS(=O)(=O)Cc3c(F)cccc3F)c(F)ccc2c1Oc1ncccc1-c1ccnc(N[C@H]2CCCN(C(=O)OC(C)(C)C)C2)n1. The van der Waals surface area contributed by atoms with E-state index < -0.39 is 50.1 Å². The zero-order valence-electron chi connectivity index (χ0n) is 28.9. The number of rotatable bonds is 9. The minimum Gasteiger partial charge on any atom is -0.444 e. The lowest BCUT2D eigenvalue weighted by molar-refractivity contribution is 0.0206. The Morgan fingerprint density at radius 3 is 2.44 bits per heavy atom. The summed E-state index contributed by atoms with van der Waals surface area (Å²) in [5.74, 6) is -3.24. The van der Waals surface area contributed by atoms with Gasteiger partial charge in [-0.3, -0.25) is 4.72 Å². The molecule has 1 atom stereocenters. The minimum atomic E-state index is -4.47. The number of aryl methyl sites for hydroxylation is 1. The van der Waals surface area contributed by atoms with Crippen molar-refractivity contribution in [2.45, 2.75) is 57.9 Å². The molecule has 11 nitrogen and oxygen atoms in total. The number of halogens is 3. The van der Waals surface area contributed by atoms with Gasteiger partial charge in [0, 0.05) is 47.9 Å². The molecule has 5 aromatic rings. The summed E-state index contributed by atoms with van der Waals surface area (Å²) in [7, 11) is -4.47. The Labute approximate surface area is 299 Å². The second-order valence-electron chi connectivity index (χ2n) is 13.4. The number of fused-ring (bicyclic) bond motifs is 1.